The first kappa shape index (κ1) is 8.48. The van der Waals surface area contributed by atoms with Crippen molar-refractivity contribution in [3.8, 4) is 0 Å². The smallest absolute Gasteiger partial charge is 0.117 e. The van der Waals surface area contributed by atoms with Crippen molar-refractivity contribution in [2.75, 3.05) is 7.11 Å². The van der Waals surface area contributed by atoms with Gasteiger partial charge in [0.1, 0.15) is 4.93 Å². The normalized spacial score (nSPS) is 75.7. The van der Waals surface area contributed by atoms with Crippen molar-refractivity contribution in [1.29, 1.82) is 0 Å². The SMILES string of the molecule is COC1(S)C2C3CC4C2C(=S)C2C4C3C21. The van der Waals surface area contributed by atoms with Crippen LogP contribution in [-0.4, -0.2) is 16.9 Å². The second kappa shape index (κ2) is 2.06. The van der Waals surface area contributed by atoms with Gasteiger partial charge in [0.05, 0.1) is 0 Å². The molecule has 0 heterocycles. The summed E-state index contributed by atoms with van der Waals surface area (Å²) in [7, 11) is 1.85. The lowest BCUT2D eigenvalue weighted by molar-refractivity contribution is -0.0575. The number of thiol groups is 1. The van der Waals surface area contributed by atoms with E-state index in [1.54, 1.807) is 0 Å². The molecule has 0 aliphatic heterocycles. The molecule has 9 unspecified atom stereocenters. The second-order valence-electron chi connectivity index (χ2n) is 6.18. The number of fused-ring (bicyclic) bond motifs is 2. The van der Waals surface area contributed by atoms with Crippen LogP contribution in [0.15, 0.2) is 0 Å². The number of hydrogen-bond acceptors (Lipinski definition) is 3. The number of hydrogen-bond donors (Lipinski definition) is 1. The van der Waals surface area contributed by atoms with Gasteiger partial charge in [0, 0.05) is 35.6 Å². The molecule has 0 spiro atoms. The van der Waals surface area contributed by atoms with E-state index in [2.05, 4.69) is 0 Å². The molecule has 5 aliphatic rings. The highest BCUT2D eigenvalue weighted by Crippen LogP contribution is 2.85. The third-order valence-electron chi connectivity index (χ3n) is 6.44. The Hall–Kier alpha value is 0.400. The highest BCUT2D eigenvalue weighted by molar-refractivity contribution is 7.82. The van der Waals surface area contributed by atoms with Crippen LogP contribution in [0.1, 0.15) is 6.42 Å². The summed E-state index contributed by atoms with van der Waals surface area (Å²) in [6.45, 7) is 0. The van der Waals surface area contributed by atoms with E-state index in [4.69, 9.17) is 29.6 Å². The van der Waals surface area contributed by atoms with Gasteiger partial charge in [-0.25, -0.2) is 0 Å². The van der Waals surface area contributed by atoms with Crippen molar-refractivity contribution >= 4 is 29.7 Å². The van der Waals surface area contributed by atoms with Crippen LogP contribution in [0.4, 0.5) is 0 Å². The van der Waals surface area contributed by atoms with Gasteiger partial charge in [-0.3, -0.25) is 0 Å². The van der Waals surface area contributed by atoms with Crippen molar-refractivity contribution in [1.82, 2.24) is 0 Å². The molecule has 0 aromatic rings. The van der Waals surface area contributed by atoms with Crippen LogP contribution in [-0.2, 0) is 4.74 Å². The molecule has 5 fully saturated rings. The maximum Gasteiger partial charge on any atom is 0.117 e. The van der Waals surface area contributed by atoms with E-state index in [1.807, 2.05) is 7.11 Å². The molecule has 5 rings (SSSR count). The van der Waals surface area contributed by atoms with Crippen LogP contribution in [0.5, 0.6) is 0 Å². The first-order valence-corrected chi connectivity index (χ1v) is 6.87. The lowest BCUT2D eigenvalue weighted by Crippen LogP contribution is -2.55. The third-order valence-corrected chi connectivity index (χ3v) is 7.77. The van der Waals surface area contributed by atoms with E-state index >= 15 is 0 Å². The van der Waals surface area contributed by atoms with Gasteiger partial charge in [0.2, 0.25) is 0 Å². The molecule has 80 valence electrons. The van der Waals surface area contributed by atoms with Gasteiger partial charge in [-0.15, -0.1) is 12.6 Å². The highest BCUT2D eigenvalue weighted by atomic mass is 32.1. The van der Waals surface area contributed by atoms with Crippen molar-refractivity contribution in [3.05, 3.63) is 0 Å². The average molecular weight is 238 g/mol. The van der Waals surface area contributed by atoms with Gasteiger partial charge >= 0.3 is 0 Å². The Kier molecular flexibility index (Phi) is 1.17. The van der Waals surface area contributed by atoms with E-state index in [0.717, 1.165) is 23.7 Å². The van der Waals surface area contributed by atoms with Gasteiger partial charge in [0.25, 0.3) is 0 Å². The van der Waals surface area contributed by atoms with Crippen molar-refractivity contribution in [3.63, 3.8) is 0 Å². The molecule has 2 bridgehead atoms. The van der Waals surface area contributed by atoms with E-state index in [1.165, 1.54) is 11.3 Å². The topological polar surface area (TPSA) is 9.23 Å². The zero-order chi connectivity index (χ0) is 10.1. The monoisotopic (exact) mass is 238 g/mol. The molecule has 9 atom stereocenters. The Labute approximate surface area is 100 Å². The van der Waals surface area contributed by atoms with Crippen molar-refractivity contribution < 1.29 is 4.74 Å². The number of rotatable bonds is 1. The Morgan fingerprint density at radius 1 is 1.27 bits per heavy atom. The molecule has 5 aliphatic carbocycles. The number of ether oxygens (including phenoxy) is 1. The summed E-state index contributed by atoms with van der Waals surface area (Å²) in [6, 6.07) is 0. The average Bonchev–Trinajstić information content (AvgIpc) is 2.67. The minimum atomic E-state index is -0.116. The molecule has 0 aromatic carbocycles. The molecule has 1 nitrogen and oxygen atoms in total. The first-order valence-electron chi connectivity index (χ1n) is 6.01. The predicted molar refractivity (Wildman–Crippen MR) is 63.9 cm³/mol. The fourth-order valence-corrected chi connectivity index (χ4v) is 7.73. The lowest BCUT2D eigenvalue weighted by atomic mass is 9.59. The Morgan fingerprint density at radius 2 is 2.07 bits per heavy atom. The van der Waals surface area contributed by atoms with Gasteiger partial charge < -0.3 is 4.74 Å². The largest absolute Gasteiger partial charge is 0.367 e. The molecule has 0 aromatic heterocycles. The van der Waals surface area contributed by atoms with Crippen molar-refractivity contribution in [2.24, 2.45) is 47.3 Å². The van der Waals surface area contributed by atoms with E-state index in [0.29, 0.717) is 23.7 Å². The molecule has 3 heteroatoms. The minimum absolute atomic E-state index is 0.116. The fourth-order valence-electron chi connectivity index (χ4n) is 6.42. The third kappa shape index (κ3) is 0.551. The molecule has 0 radical (unpaired) electrons. The van der Waals surface area contributed by atoms with Crippen LogP contribution in [0, 0.1) is 47.3 Å². The summed E-state index contributed by atoms with van der Waals surface area (Å²) in [6.07, 6.45) is 1.43. The van der Waals surface area contributed by atoms with E-state index in [-0.39, 0.29) is 4.93 Å². The molecule has 0 saturated heterocycles. The van der Waals surface area contributed by atoms with Crippen LogP contribution >= 0.6 is 24.8 Å². The van der Waals surface area contributed by atoms with Gasteiger partial charge in [0.15, 0.2) is 0 Å². The number of methoxy groups -OCH3 is 1. The maximum absolute atomic E-state index is 5.81. The van der Waals surface area contributed by atoms with Crippen molar-refractivity contribution in [2.45, 2.75) is 11.4 Å². The van der Waals surface area contributed by atoms with Gasteiger partial charge in [-0.1, -0.05) is 12.2 Å². The number of thiocarbonyl (C=S) groups is 1. The Morgan fingerprint density at radius 3 is 2.80 bits per heavy atom. The van der Waals surface area contributed by atoms with E-state index in [9.17, 15) is 0 Å². The highest BCUT2D eigenvalue weighted by Gasteiger charge is 2.86. The molecule has 0 N–H and O–H groups in total. The Bertz CT molecular complexity index is 408. The summed E-state index contributed by atoms with van der Waals surface area (Å²) >= 11 is 10.6. The summed E-state index contributed by atoms with van der Waals surface area (Å²) in [5.41, 5.74) is 0. The van der Waals surface area contributed by atoms with Gasteiger partial charge in [-0.2, -0.15) is 0 Å². The lowest BCUT2D eigenvalue weighted by Gasteiger charge is -2.51. The van der Waals surface area contributed by atoms with Crippen LogP contribution < -0.4 is 0 Å². The van der Waals surface area contributed by atoms with Crippen LogP contribution in [0.3, 0.4) is 0 Å². The fraction of sp³-hybridized carbons (Fsp3) is 0.917. The molecule has 15 heavy (non-hydrogen) atoms. The second-order valence-corrected chi connectivity index (χ2v) is 7.35. The quantitative estimate of drug-likeness (QED) is 0.425. The molecular formula is C12H14OS2. The maximum atomic E-state index is 5.81. The zero-order valence-electron chi connectivity index (χ0n) is 8.59. The molecule has 0 amide bonds. The van der Waals surface area contributed by atoms with Crippen LogP contribution in [0.25, 0.3) is 0 Å². The summed E-state index contributed by atoms with van der Waals surface area (Å²) in [5, 5.41) is 0. The predicted octanol–water partition coefficient (Wildman–Crippen LogP) is 2.02. The van der Waals surface area contributed by atoms with Crippen LogP contribution in [0.2, 0.25) is 0 Å². The standard InChI is InChI=1S/C12H14OS2/c1-13-12(15)9-4-2-3-5-6(4)10(12)8(5)11(14)7(3)9/h3-10,15H,2H2,1H3. The Balaban J connectivity index is 1.81. The summed E-state index contributed by atoms with van der Waals surface area (Å²) in [4.78, 5) is 1.30. The first-order chi connectivity index (χ1) is 7.20. The van der Waals surface area contributed by atoms with E-state index < -0.39 is 0 Å². The summed E-state index contributed by atoms with van der Waals surface area (Å²) < 4.78 is 5.81. The molecular weight excluding hydrogens is 224 g/mol. The molecule has 5 saturated carbocycles. The summed E-state index contributed by atoms with van der Waals surface area (Å²) in [5.74, 6) is 6.47. The minimum Gasteiger partial charge on any atom is -0.367 e. The van der Waals surface area contributed by atoms with Gasteiger partial charge in [-0.05, 0) is 30.1 Å². The zero-order valence-corrected chi connectivity index (χ0v) is 10.3.